The van der Waals surface area contributed by atoms with Gasteiger partial charge in [0.05, 0.1) is 0 Å². The quantitative estimate of drug-likeness (QED) is 0.488. The van der Waals surface area contributed by atoms with E-state index in [1.807, 2.05) is 0 Å². The lowest BCUT2D eigenvalue weighted by atomic mass is 9.56. The number of hydrogen-bond donors (Lipinski definition) is 1. The van der Waals surface area contributed by atoms with Crippen LogP contribution in [0.5, 0.6) is 0 Å². The molecule has 1 heterocycles. The van der Waals surface area contributed by atoms with Gasteiger partial charge in [0.15, 0.2) is 0 Å². The minimum absolute atomic E-state index is 0.125. The summed E-state index contributed by atoms with van der Waals surface area (Å²) in [5.74, 6) is 0.404. The van der Waals surface area contributed by atoms with Gasteiger partial charge < -0.3 is 5.32 Å². The van der Waals surface area contributed by atoms with E-state index in [-0.39, 0.29) is 10.8 Å². The lowest BCUT2D eigenvalue weighted by Gasteiger charge is -2.48. The summed E-state index contributed by atoms with van der Waals surface area (Å²) in [7, 11) is 0. The Balaban J connectivity index is 2.24. The molecule has 1 N–H and O–H groups in total. The molecule has 0 aromatic rings. The van der Waals surface area contributed by atoms with Crippen molar-refractivity contribution in [3.8, 4) is 0 Å². The van der Waals surface area contributed by atoms with Crippen molar-refractivity contribution in [1.82, 2.24) is 5.32 Å². The van der Waals surface area contributed by atoms with Crippen molar-refractivity contribution in [2.24, 2.45) is 16.7 Å². The molecule has 1 aliphatic heterocycles. The van der Waals surface area contributed by atoms with E-state index in [1.165, 1.54) is 44.7 Å². The fourth-order valence-electron chi connectivity index (χ4n) is 4.96. The van der Waals surface area contributed by atoms with Crippen LogP contribution in [0.1, 0.15) is 54.9 Å². The summed E-state index contributed by atoms with van der Waals surface area (Å²) in [6.07, 6.45) is 14.7. The van der Waals surface area contributed by atoms with E-state index in [1.54, 1.807) is 0 Å². The van der Waals surface area contributed by atoms with Crippen LogP contribution in [0.2, 0.25) is 0 Å². The molecule has 154 valence electrons. The van der Waals surface area contributed by atoms with Crippen molar-refractivity contribution >= 4 is 0 Å². The molecule has 3 aliphatic rings. The van der Waals surface area contributed by atoms with Gasteiger partial charge in [0.1, 0.15) is 0 Å². The highest BCUT2D eigenvalue weighted by Gasteiger charge is 2.44. The van der Waals surface area contributed by atoms with Crippen molar-refractivity contribution in [2.45, 2.75) is 54.9 Å². The van der Waals surface area contributed by atoms with Crippen LogP contribution >= 0.6 is 0 Å². The van der Waals surface area contributed by atoms with Gasteiger partial charge in [-0.05, 0) is 78.5 Å². The van der Waals surface area contributed by atoms with Crippen molar-refractivity contribution in [2.75, 3.05) is 6.54 Å². The SMILES string of the molecule is C=C(C)C1(C)C(=C)/C=C(C)/C2=C/C(C3=CCN3)=C(C)/C=C\C=C\2CC1C(C)(C)C. The molecule has 0 saturated carbocycles. The van der Waals surface area contributed by atoms with Gasteiger partial charge in [-0.2, -0.15) is 0 Å². The van der Waals surface area contributed by atoms with Crippen LogP contribution in [0.25, 0.3) is 0 Å². The van der Waals surface area contributed by atoms with Crippen molar-refractivity contribution in [3.63, 3.8) is 0 Å². The average Bonchev–Trinajstić information content (AvgIpc) is 2.55. The third kappa shape index (κ3) is 3.80. The number of fused-ring (bicyclic) bond motifs is 1. The molecule has 0 bridgehead atoms. The maximum Gasteiger partial charge on any atom is 0.0396 e. The molecule has 0 fully saturated rings. The minimum Gasteiger partial charge on any atom is -0.381 e. The Morgan fingerprint density at radius 3 is 2.38 bits per heavy atom. The summed E-state index contributed by atoms with van der Waals surface area (Å²) < 4.78 is 0. The normalized spacial score (nSPS) is 36.7. The highest BCUT2D eigenvalue weighted by Crippen LogP contribution is 2.54. The smallest absolute Gasteiger partial charge is 0.0396 e. The largest absolute Gasteiger partial charge is 0.381 e. The Kier molecular flexibility index (Phi) is 5.56. The molecule has 0 saturated heterocycles. The lowest BCUT2D eigenvalue weighted by Crippen LogP contribution is -2.39. The number of nitrogens with one attached hydrogen (secondary N) is 1. The first kappa shape index (κ1) is 21.4. The molecular weight excluding hydrogens is 350 g/mol. The average molecular weight is 388 g/mol. The molecule has 0 amide bonds. The fraction of sp³-hybridized carbons (Fsp3) is 0.429. The number of rotatable bonds is 2. The Hall–Kier alpha value is -2.28. The molecule has 2 atom stereocenters. The van der Waals surface area contributed by atoms with E-state index in [0.717, 1.165) is 13.0 Å². The molecule has 0 spiro atoms. The third-order valence-electron chi connectivity index (χ3n) is 7.13. The van der Waals surface area contributed by atoms with E-state index in [9.17, 15) is 0 Å². The maximum atomic E-state index is 4.55. The maximum absolute atomic E-state index is 4.55. The summed E-state index contributed by atoms with van der Waals surface area (Å²) in [5, 5.41) is 3.46. The van der Waals surface area contributed by atoms with Crippen LogP contribution in [0, 0.1) is 16.7 Å². The topological polar surface area (TPSA) is 12.0 Å². The van der Waals surface area contributed by atoms with Crippen LogP contribution in [-0.4, -0.2) is 6.54 Å². The molecule has 1 heteroatoms. The van der Waals surface area contributed by atoms with E-state index in [0.29, 0.717) is 5.92 Å². The molecular formula is C28H37N. The zero-order valence-electron chi connectivity index (χ0n) is 19.4. The first-order chi connectivity index (χ1) is 13.5. The van der Waals surface area contributed by atoms with Crippen molar-refractivity contribution in [1.29, 1.82) is 0 Å². The highest BCUT2D eigenvalue weighted by molar-refractivity contribution is 5.61. The molecule has 2 aliphatic carbocycles. The Morgan fingerprint density at radius 1 is 1.21 bits per heavy atom. The molecule has 3 rings (SSSR count). The van der Waals surface area contributed by atoms with Gasteiger partial charge in [-0.25, -0.2) is 0 Å². The minimum atomic E-state index is -0.134. The van der Waals surface area contributed by atoms with Gasteiger partial charge >= 0.3 is 0 Å². The standard InChI is InChI=1S/C28H37N/c1-18(2)28(9)21(5)15-20(4)23-17-24(25-13-14-29-25)19(3)11-10-12-22(23)16-26(28)27(6,7)8/h10-13,15,17,26,29H,1,5,14,16H2,2-4,6-9H3/b11-10-,12-10?,19-11?,20-15+,22-12+,23-17-,23-22?,24-17?,24-19-. The van der Waals surface area contributed by atoms with Gasteiger partial charge in [0.25, 0.3) is 0 Å². The van der Waals surface area contributed by atoms with Gasteiger partial charge in [-0.1, -0.05) is 70.7 Å². The molecule has 0 aromatic heterocycles. The van der Waals surface area contributed by atoms with E-state index >= 15 is 0 Å². The van der Waals surface area contributed by atoms with Gasteiger partial charge in [0.2, 0.25) is 0 Å². The second-order valence-corrected chi connectivity index (χ2v) is 10.2. The highest BCUT2D eigenvalue weighted by atomic mass is 14.9. The monoisotopic (exact) mass is 387 g/mol. The Labute approximate surface area is 178 Å². The van der Waals surface area contributed by atoms with Gasteiger partial charge in [-0.3, -0.25) is 0 Å². The summed E-state index contributed by atoms with van der Waals surface area (Å²) in [6.45, 7) is 25.9. The summed E-state index contributed by atoms with van der Waals surface area (Å²) in [4.78, 5) is 0. The fourth-order valence-corrected chi connectivity index (χ4v) is 4.96. The second-order valence-electron chi connectivity index (χ2n) is 10.2. The number of hydrogen-bond acceptors (Lipinski definition) is 1. The van der Waals surface area contributed by atoms with E-state index < -0.39 is 0 Å². The first-order valence-corrected chi connectivity index (χ1v) is 10.7. The zero-order chi connectivity index (χ0) is 21.6. The van der Waals surface area contributed by atoms with Crippen LogP contribution in [0.4, 0.5) is 0 Å². The van der Waals surface area contributed by atoms with Crippen LogP contribution in [-0.2, 0) is 0 Å². The molecule has 1 nitrogen and oxygen atoms in total. The second kappa shape index (κ2) is 7.52. The summed E-state index contributed by atoms with van der Waals surface area (Å²) in [6, 6.07) is 0. The third-order valence-corrected chi connectivity index (χ3v) is 7.13. The van der Waals surface area contributed by atoms with E-state index in [4.69, 9.17) is 0 Å². The summed E-state index contributed by atoms with van der Waals surface area (Å²) in [5.41, 5.74) is 10.2. The molecule has 29 heavy (non-hydrogen) atoms. The zero-order valence-corrected chi connectivity index (χ0v) is 19.4. The lowest BCUT2D eigenvalue weighted by molar-refractivity contribution is 0.131. The van der Waals surface area contributed by atoms with Gasteiger partial charge in [-0.15, -0.1) is 0 Å². The predicted octanol–water partition coefficient (Wildman–Crippen LogP) is 7.36. The van der Waals surface area contributed by atoms with Crippen molar-refractivity contribution in [3.05, 3.63) is 94.3 Å². The number of allylic oxidation sites excluding steroid dienone is 11. The first-order valence-electron chi connectivity index (χ1n) is 10.7. The van der Waals surface area contributed by atoms with Crippen LogP contribution < -0.4 is 5.32 Å². The van der Waals surface area contributed by atoms with Crippen molar-refractivity contribution < 1.29 is 0 Å². The Bertz CT molecular complexity index is 933. The van der Waals surface area contributed by atoms with Gasteiger partial charge in [0, 0.05) is 23.2 Å². The van der Waals surface area contributed by atoms with Crippen LogP contribution in [0.15, 0.2) is 94.3 Å². The molecule has 2 unspecified atom stereocenters. The van der Waals surface area contributed by atoms with E-state index in [2.05, 4.69) is 103 Å². The van der Waals surface area contributed by atoms with Crippen LogP contribution in [0.3, 0.4) is 0 Å². The Morgan fingerprint density at radius 2 is 1.86 bits per heavy atom. The molecule has 0 radical (unpaired) electrons. The predicted molar refractivity (Wildman–Crippen MR) is 127 cm³/mol. The molecule has 0 aromatic carbocycles. The summed E-state index contributed by atoms with van der Waals surface area (Å²) >= 11 is 0.